The van der Waals surface area contributed by atoms with E-state index in [2.05, 4.69) is 0 Å². The first-order valence-corrected chi connectivity index (χ1v) is 4.17. The highest BCUT2D eigenvalue weighted by Crippen LogP contribution is 2.16. The van der Waals surface area contributed by atoms with E-state index in [1.165, 1.54) is 18.2 Å². The van der Waals surface area contributed by atoms with Gasteiger partial charge in [-0.15, -0.1) is 0 Å². The summed E-state index contributed by atoms with van der Waals surface area (Å²) in [4.78, 5) is 20.6. The Bertz CT molecular complexity index is 396. The molecule has 0 spiro atoms. The number of hydrogen-bond acceptors (Lipinski definition) is 2. The largest absolute Gasteiger partial charge is 0.478 e. The summed E-state index contributed by atoms with van der Waals surface area (Å²) in [6.45, 7) is 0. The van der Waals surface area contributed by atoms with Crippen LogP contribution in [-0.4, -0.2) is 17.4 Å². The minimum absolute atomic E-state index is 0.313. The molecule has 14 heavy (non-hydrogen) atoms. The van der Waals surface area contributed by atoms with E-state index < -0.39 is 5.97 Å². The molecule has 0 aliphatic heterocycles. The molecule has 0 aliphatic carbocycles. The third-order valence-corrected chi connectivity index (χ3v) is 1.90. The zero-order valence-corrected chi connectivity index (χ0v) is 7.86. The van der Waals surface area contributed by atoms with Crippen molar-refractivity contribution in [1.29, 1.82) is 0 Å². The fourth-order valence-corrected chi connectivity index (χ4v) is 1.14. The molecule has 0 amide bonds. The Labute approximate surface area is 85.6 Å². The summed E-state index contributed by atoms with van der Waals surface area (Å²) >= 11 is 5.73. The van der Waals surface area contributed by atoms with Crippen LogP contribution < -0.4 is 0 Å². The molecule has 1 aromatic rings. The van der Waals surface area contributed by atoms with Crippen molar-refractivity contribution in [2.75, 3.05) is 0 Å². The van der Waals surface area contributed by atoms with Crippen molar-refractivity contribution in [1.82, 2.24) is 0 Å². The maximum absolute atomic E-state index is 10.4. The minimum Gasteiger partial charge on any atom is -0.478 e. The van der Waals surface area contributed by atoms with Gasteiger partial charge in [0.05, 0.1) is 5.02 Å². The number of rotatable bonds is 3. The van der Waals surface area contributed by atoms with Gasteiger partial charge in [0.1, 0.15) is 0 Å². The molecule has 72 valence electrons. The van der Waals surface area contributed by atoms with Gasteiger partial charge in [0.15, 0.2) is 6.29 Å². The molecule has 3 nitrogen and oxygen atoms in total. The lowest BCUT2D eigenvalue weighted by molar-refractivity contribution is -0.131. The molecule has 1 N–H and O–H groups in total. The van der Waals surface area contributed by atoms with E-state index >= 15 is 0 Å². The van der Waals surface area contributed by atoms with Gasteiger partial charge in [0.2, 0.25) is 0 Å². The summed E-state index contributed by atoms with van der Waals surface area (Å²) in [5.74, 6) is -1.03. The molecule has 0 heterocycles. The summed E-state index contributed by atoms with van der Waals surface area (Å²) in [5, 5.41) is 8.68. The number of carbonyl (C=O) groups excluding carboxylic acids is 1. The highest BCUT2D eigenvalue weighted by atomic mass is 35.5. The lowest BCUT2D eigenvalue weighted by Crippen LogP contribution is -1.86. The molecule has 0 saturated heterocycles. The highest BCUT2D eigenvalue weighted by molar-refractivity contribution is 6.33. The maximum Gasteiger partial charge on any atom is 0.328 e. The first-order chi connectivity index (χ1) is 6.63. The van der Waals surface area contributed by atoms with E-state index in [9.17, 15) is 9.59 Å². The smallest absolute Gasteiger partial charge is 0.328 e. The molecule has 0 fully saturated rings. The number of aldehydes is 1. The van der Waals surface area contributed by atoms with Crippen molar-refractivity contribution in [2.45, 2.75) is 0 Å². The molecular formula is C10H7ClO3. The van der Waals surface area contributed by atoms with Crippen molar-refractivity contribution in [3.8, 4) is 0 Å². The first kappa shape index (κ1) is 10.5. The van der Waals surface area contributed by atoms with Crippen LogP contribution in [0.4, 0.5) is 0 Å². The van der Waals surface area contributed by atoms with Crippen LogP contribution in [0.5, 0.6) is 0 Å². The third kappa shape index (κ3) is 2.71. The van der Waals surface area contributed by atoms with Gasteiger partial charge in [-0.05, 0) is 23.8 Å². The minimum atomic E-state index is -1.03. The van der Waals surface area contributed by atoms with Crippen molar-refractivity contribution in [3.05, 3.63) is 40.4 Å². The lowest BCUT2D eigenvalue weighted by Gasteiger charge is -1.97. The molecule has 0 unspecified atom stereocenters. The molecule has 4 heteroatoms. The number of benzene rings is 1. The van der Waals surface area contributed by atoms with Crippen molar-refractivity contribution < 1.29 is 14.7 Å². The Morgan fingerprint density at radius 1 is 1.43 bits per heavy atom. The monoisotopic (exact) mass is 210 g/mol. The van der Waals surface area contributed by atoms with E-state index in [1.54, 1.807) is 6.07 Å². The number of carbonyl (C=O) groups is 2. The molecule has 1 rings (SSSR count). The van der Waals surface area contributed by atoms with Crippen LogP contribution in [0.25, 0.3) is 6.08 Å². The SMILES string of the molecule is O=Cc1ccc(C=CC(=O)O)cc1Cl. The van der Waals surface area contributed by atoms with Crippen molar-refractivity contribution in [3.63, 3.8) is 0 Å². The molecule has 0 radical (unpaired) electrons. The van der Waals surface area contributed by atoms with Crippen molar-refractivity contribution >= 4 is 29.9 Å². The van der Waals surface area contributed by atoms with E-state index in [-0.39, 0.29) is 0 Å². The van der Waals surface area contributed by atoms with Crippen LogP contribution in [0.2, 0.25) is 5.02 Å². The fraction of sp³-hybridized carbons (Fsp3) is 0. The second-order valence-corrected chi connectivity index (χ2v) is 2.98. The van der Waals surface area contributed by atoms with Crippen LogP contribution in [-0.2, 0) is 4.79 Å². The normalized spacial score (nSPS) is 10.4. The van der Waals surface area contributed by atoms with E-state index in [1.807, 2.05) is 0 Å². The topological polar surface area (TPSA) is 54.4 Å². The summed E-state index contributed by atoms with van der Waals surface area (Å²) < 4.78 is 0. The van der Waals surface area contributed by atoms with E-state index in [0.717, 1.165) is 6.08 Å². The van der Waals surface area contributed by atoms with Gasteiger partial charge in [-0.3, -0.25) is 4.79 Å². The maximum atomic E-state index is 10.4. The number of carboxylic acid groups (broad SMARTS) is 1. The second-order valence-electron chi connectivity index (χ2n) is 2.57. The van der Waals surface area contributed by atoms with Crippen LogP contribution in [0.1, 0.15) is 15.9 Å². The zero-order chi connectivity index (χ0) is 10.6. The average molecular weight is 211 g/mol. The average Bonchev–Trinajstić information content (AvgIpc) is 2.15. The summed E-state index contributed by atoms with van der Waals surface area (Å²) in [6, 6.07) is 4.69. The van der Waals surface area contributed by atoms with Gasteiger partial charge < -0.3 is 5.11 Å². The molecule has 0 bridgehead atoms. The van der Waals surface area contributed by atoms with Crippen molar-refractivity contribution in [2.24, 2.45) is 0 Å². The second kappa shape index (κ2) is 4.58. The quantitative estimate of drug-likeness (QED) is 0.615. The highest BCUT2D eigenvalue weighted by Gasteiger charge is 1.98. The van der Waals surface area contributed by atoms with E-state index in [4.69, 9.17) is 16.7 Å². The Balaban J connectivity index is 2.97. The molecule has 0 aliphatic rings. The molecule has 0 aromatic heterocycles. The van der Waals surface area contributed by atoms with Crippen LogP contribution >= 0.6 is 11.6 Å². The third-order valence-electron chi connectivity index (χ3n) is 1.57. The first-order valence-electron chi connectivity index (χ1n) is 3.79. The lowest BCUT2D eigenvalue weighted by atomic mass is 10.1. The number of carboxylic acids is 1. The summed E-state index contributed by atoms with van der Waals surface area (Å²) in [6.07, 6.45) is 3.06. The van der Waals surface area contributed by atoms with Crippen LogP contribution in [0, 0.1) is 0 Å². The van der Waals surface area contributed by atoms with Gasteiger partial charge in [0.25, 0.3) is 0 Å². The predicted octanol–water partition coefficient (Wildman–Crippen LogP) is 2.25. The number of halogens is 1. The number of aliphatic carboxylic acids is 1. The predicted molar refractivity (Wildman–Crippen MR) is 53.5 cm³/mol. The fourth-order valence-electron chi connectivity index (χ4n) is 0.910. The standard InChI is InChI=1S/C10H7ClO3/c11-9-5-7(2-4-10(13)14)1-3-8(9)6-12/h1-6H,(H,13,14). The van der Waals surface area contributed by atoms with Gasteiger partial charge >= 0.3 is 5.97 Å². The summed E-state index contributed by atoms with van der Waals surface area (Å²) in [7, 11) is 0. The molecule has 0 saturated carbocycles. The number of hydrogen-bond donors (Lipinski definition) is 1. The van der Waals surface area contributed by atoms with E-state index in [0.29, 0.717) is 22.4 Å². The Kier molecular flexibility index (Phi) is 3.42. The van der Waals surface area contributed by atoms with Gasteiger partial charge in [-0.25, -0.2) is 4.79 Å². The Morgan fingerprint density at radius 2 is 2.14 bits per heavy atom. The van der Waals surface area contributed by atoms with Gasteiger partial charge in [0, 0.05) is 11.6 Å². The molecule has 1 aromatic carbocycles. The van der Waals surface area contributed by atoms with Crippen LogP contribution in [0.3, 0.4) is 0 Å². The molecular weight excluding hydrogens is 204 g/mol. The van der Waals surface area contributed by atoms with Gasteiger partial charge in [-0.1, -0.05) is 17.7 Å². The Hall–Kier alpha value is -1.61. The Morgan fingerprint density at radius 3 is 2.64 bits per heavy atom. The zero-order valence-electron chi connectivity index (χ0n) is 7.11. The molecule has 0 atom stereocenters. The summed E-state index contributed by atoms with van der Waals surface area (Å²) in [5.41, 5.74) is 1.03. The van der Waals surface area contributed by atoms with Gasteiger partial charge in [-0.2, -0.15) is 0 Å². The van der Waals surface area contributed by atoms with Crippen LogP contribution in [0.15, 0.2) is 24.3 Å².